The Morgan fingerprint density at radius 2 is 1.18 bits per heavy atom. The van der Waals surface area contributed by atoms with Gasteiger partial charge in [-0.2, -0.15) is 0 Å². The molecule has 5 heterocycles. The maximum atomic E-state index is 16.0. The van der Waals surface area contributed by atoms with E-state index in [2.05, 4.69) is 40.7 Å². The van der Waals surface area contributed by atoms with E-state index in [1.807, 2.05) is 20.8 Å². The number of carboxylic acids is 1. The summed E-state index contributed by atoms with van der Waals surface area (Å²) < 4.78 is 71.8. The van der Waals surface area contributed by atoms with Gasteiger partial charge in [0.2, 0.25) is 6.29 Å². The van der Waals surface area contributed by atoms with E-state index in [1.54, 1.807) is 13.8 Å². The topological polar surface area (TPSA) is 520 Å². The van der Waals surface area contributed by atoms with Gasteiger partial charge in [0, 0.05) is 12.8 Å². The third kappa shape index (κ3) is 16.8. The summed E-state index contributed by atoms with van der Waals surface area (Å²) in [6, 6.07) is 0. The predicted molar refractivity (Wildman–Crippen MR) is 372 cm³/mol. The van der Waals surface area contributed by atoms with Crippen molar-refractivity contribution < 1.29 is 163 Å². The molecule has 5 aliphatic carbocycles. The Hall–Kier alpha value is -3.67. The highest BCUT2D eigenvalue weighted by Gasteiger charge is 2.73. The average molecular weight is 1560 g/mol. The average Bonchev–Trinajstić information content (AvgIpc) is 0.898. The largest absolute Gasteiger partial charge is 0.479 e. The summed E-state index contributed by atoms with van der Waals surface area (Å²) in [5, 5.41) is 176. The van der Waals surface area contributed by atoms with Crippen molar-refractivity contribution in [3.8, 4) is 0 Å². The molecule has 7 unspecified atom stereocenters. The van der Waals surface area contributed by atoms with Crippen molar-refractivity contribution in [1.82, 2.24) is 0 Å². The van der Waals surface area contributed by atoms with Crippen LogP contribution in [0.25, 0.3) is 0 Å². The number of esters is 3. The number of rotatable bonds is 27. The molecule has 0 radical (unpaired) electrons. The van der Waals surface area contributed by atoms with Crippen molar-refractivity contribution in [2.75, 3.05) is 13.2 Å². The van der Waals surface area contributed by atoms with Crippen LogP contribution in [0.2, 0.25) is 0 Å². The van der Waals surface area contributed by atoms with E-state index in [9.17, 15) is 101 Å². The number of ether oxygens (including phenoxy) is 12. The lowest BCUT2D eigenvalue weighted by molar-refractivity contribution is -0.373. The summed E-state index contributed by atoms with van der Waals surface area (Å²) >= 11 is 0. The minimum Gasteiger partial charge on any atom is -0.479 e. The van der Waals surface area contributed by atoms with Crippen molar-refractivity contribution in [2.24, 2.45) is 62.1 Å². The number of carbonyl (C=O) groups is 5. The van der Waals surface area contributed by atoms with Gasteiger partial charge < -0.3 is 143 Å². The quantitative estimate of drug-likeness (QED) is 0.0163. The fourth-order valence-corrected chi connectivity index (χ4v) is 20.3. The number of carboxylic acid groups (broad SMARTS) is 1. The summed E-state index contributed by atoms with van der Waals surface area (Å²) in [5.41, 5.74) is -4.35. The molecule has 0 aromatic rings. The number of aldehydes is 1. The van der Waals surface area contributed by atoms with Crippen LogP contribution in [0.4, 0.5) is 0 Å². The number of allylic oxidation sites excluding steroid dienone is 2. The van der Waals surface area contributed by atoms with Crippen molar-refractivity contribution in [3.63, 3.8) is 0 Å². The first-order valence-corrected chi connectivity index (χ1v) is 39.0. The van der Waals surface area contributed by atoms with Gasteiger partial charge in [0.1, 0.15) is 97.2 Å². The predicted octanol–water partition coefficient (Wildman–Crippen LogP) is -0.438. The highest BCUT2D eigenvalue weighted by Crippen LogP contribution is 2.76. The van der Waals surface area contributed by atoms with E-state index in [1.165, 1.54) is 13.8 Å². The van der Waals surface area contributed by atoms with Crippen LogP contribution in [-0.2, 0) is 80.8 Å². The Bertz CT molecular complexity index is 3160. The monoisotopic (exact) mass is 1560 g/mol. The number of carbonyl (C=O) groups excluding carboxylic acids is 4. The molecule has 0 bridgehead atoms. The molecule has 10 aliphatic rings. The zero-order valence-corrected chi connectivity index (χ0v) is 64.4. The fourth-order valence-electron chi connectivity index (χ4n) is 20.3. The number of aliphatic hydroxyl groups is 15. The molecule has 0 aromatic carbocycles. The van der Waals surface area contributed by atoms with E-state index in [0.717, 1.165) is 11.9 Å². The summed E-state index contributed by atoms with van der Waals surface area (Å²) in [7, 11) is 0. The SMILES string of the molecule is CC[C@H](C)C(CC(O)CC(=O)O[C@H]1[C@@H](O)[C@H](O[C@@H]2O[C@@H](C)[C@H](O[C@@H]3OC[C@@H](O)[C@H](O)[C@H]3O)[C@@H](O)[C@H]2O)[C@@H](OC(=O)[C@]23CCC(C)(C)C[C@H]2C2=CCC4[C@@]5(C)CC[C@H](OC6O[C@H](C(=O)O)[C@@H](O)[C@H](O)[C@H]6O)[C@@](C)(C=O)C5CC[C@@]4(C)[C@]2(C)C[C@H]3O)O[C@H]1C)OC(=O)CC(O)CC(O[C@@H]1O[C@@H](CO)[C@H](O)[C@H]1O)[C@@H](C)CC. The first-order valence-electron chi connectivity index (χ1n) is 39.0. The molecule has 624 valence electrons. The van der Waals surface area contributed by atoms with E-state index in [0.29, 0.717) is 51.4 Å². The summed E-state index contributed by atoms with van der Waals surface area (Å²) in [6.45, 7) is 21.4. The summed E-state index contributed by atoms with van der Waals surface area (Å²) in [6.07, 6.45) is -40.4. The van der Waals surface area contributed by atoms with Gasteiger partial charge in [-0.1, -0.05) is 93.7 Å². The van der Waals surface area contributed by atoms with Gasteiger partial charge >= 0.3 is 23.9 Å². The van der Waals surface area contributed by atoms with Crippen molar-refractivity contribution in [2.45, 2.75) is 357 Å². The molecule has 5 aliphatic heterocycles. The second-order valence-corrected chi connectivity index (χ2v) is 34.9. The van der Waals surface area contributed by atoms with Crippen LogP contribution in [-0.4, -0.2) is 303 Å². The molecule has 109 heavy (non-hydrogen) atoms. The van der Waals surface area contributed by atoms with Crippen LogP contribution in [0.3, 0.4) is 0 Å². The number of hydrogen-bond donors (Lipinski definition) is 16. The normalized spacial score (nSPS) is 47.2. The molecule has 0 spiro atoms. The van der Waals surface area contributed by atoms with Gasteiger partial charge in [0.15, 0.2) is 43.5 Å². The lowest BCUT2D eigenvalue weighted by Gasteiger charge is -2.71. The molecule has 0 aromatic heterocycles. The first kappa shape index (κ1) is 87.7. The Morgan fingerprint density at radius 3 is 1.82 bits per heavy atom. The lowest BCUT2D eigenvalue weighted by Crippen LogP contribution is -2.69. The Labute approximate surface area is 634 Å². The van der Waals surface area contributed by atoms with Gasteiger partial charge in [0.05, 0.1) is 74.2 Å². The summed E-state index contributed by atoms with van der Waals surface area (Å²) in [4.78, 5) is 69.5. The maximum Gasteiger partial charge on any atom is 0.335 e. The number of aliphatic hydroxyl groups excluding tert-OH is 15. The van der Waals surface area contributed by atoms with Crippen LogP contribution in [0.15, 0.2) is 11.6 Å². The Balaban J connectivity index is 0.872. The van der Waals surface area contributed by atoms with Crippen molar-refractivity contribution in [1.29, 1.82) is 0 Å². The van der Waals surface area contributed by atoms with E-state index in [4.69, 9.17) is 56.8 Å². The van der Waals surface area contributed by atoms with Gasteiger partial charge in [-0.25, -0.2) is 4.79 Å². The molecular weight excluding hydrogens is 1440 g/mol. The minimum atomic E-state index is -2.07. The Kier molecular flexibility index (Phi) is 27.6. The number of fused-ring (bicyclic) bond motifs is 7. The van der Waals surface area contributed by atoms with Gasteiger partial charge in [-0.05, 0) is 123 Å². The number of hydrogen-bond acceptors (Lipinski definition) is 32. The molecule has 33 nitrogen and oxygen atoms in total. The van der Waals surface area contributed by atoms with Gasteiger partial charge in [-0.3, -0.25) is 14.4 Å². The molecule has 16 N–H and O–H groups in total. The van der Waals surface area contributed by atoms with E-state index < -0.39 is 272 Å². The molecule has 33 heteroatoms. The zero-order chi connectivity index (χ0) is 80.4. The molecular formula is C76H122O33. The first-order chi connectivity index (χ1) is 51.0. The van der Waals surface area contributed by atoms with Crippen LogP contribution < -0.4 is 0 Å². The summed E-state index contributed by atoms with van der Waals surface area (Å²) in [5.74, 6) is -6.24. The minimum absolute atomic E-state index is 0.0624. The molecule has 4 saturated carbocycles. The highest BCUT2D eigenvalue weighted by molar-refractivity contribution is 5.80. The van der Waals surface area contributed by atoms with E-state index >= 15 is 4.79 Å². The molecule has 10 rings (SSSR count). The van der Waals surface area contributed by atoms with Crippen molar-refractivity contribution in [3.05, 3.63) is 11.6 Å². The molecule has 39 atom stereocenters. The fraction of sp³-hybridized carbons (Fsp3) is 0.908. The molecule has 5 saturated heterocycles. The Morgan fingerprint density at radius 1 is 0.596 bits per heavy atom. The van der Waals surface area contributed by atoms with Crippen molar-refractivity contribution >= 4 is 30.2 Å². The van der Waals surface area contributed by atoms with Crippen LogP contribution in [0.1, 0.15) is 179 Å². The zero-order valence-electron chi connectivity index (χ0n) is 64.4. The lowest BCUT2D eigenvalue weighted by atomic mass is 9.33. The van der Waals surface area contributed by atoms with Crippen LogP contribution in [0, 0.1) is 62.1 Å². The van der Waals surface area contributed by atoms with Gasteiger partial charge in [0.25, 0.3) is 0 Å². The third-order valence-corrected chi connectivity index (χ3v) is 27.6. The van der Waals surface area contributed by atoms with E-state index in [-0.39, 0.29) is 49.9 Å². The highest BCUT2D eigenvalue weighted by atomic mass is 16.8. The molecule has 0 amide bonds. The van der Waals surface area contributed by atoms with Crippen LogP contribution in [0.5, 0.6) is 0 Å². The second-order valence-electron chi connectivity index (χ2n) is 34.9. The number of aliphatic carboxylic acids is 1. The standard InChI is InChI=1S/C76H122O33/c1-13-32(3)41(101-48(83)25-37(80)24-42(33(4)14-2)102-67-56(91)51(86)43(29-77)103-67)23-36(79)26-49(84)105-61-35(6)100-69(63(59(61)94)108-66-58(93)54(89)60(34(5)99-66)106-65-55(90)50(85)40(81)30-98-65)109-70(97)76-22-21-71(7,8)27-39(76)38-15-16-45-72(9)19-18-47(104-68-57(92)52(87)53(88)62(107-68)64(95)96)73(10,31-78)44(72)17-20-74(45,11)75(38,12)28-46(76)82/h15,31-37,39-47,50-63,65-69,77,79-82,85-94H,13-14,16-30H2,1-12H3,(H,95,96)/t32-,33-,34-,35-,36?,37?,39-,40+,41?,42?,43-,44?,45?,46+,47-,50-,51-,52-,53-,54-,55+,56+,57+,58+,59+,60-,61+,62-,63-,65-,66-,67+,68?,69+,72-,73-,74+,75+,76+/m0/s1. The smallest absolute Gasteiger partial charge is 0.335 e. The molecule has 9 fully saturated rings. The maximum absolute atomic E-state index is 16.0. The third-order valence-electron chi connectivity index (χ3n) is 27.6. The second kappa shape index (κ2) is 34.3. The van der Waals surface area contributed by atoms with Crippen LogP contribution >= 0.6 is 0 Å². The van der Waals surface area contributed by atoms with Gasteiger partial charge in [-0.15, -0.1) is 0 Å².